The lowest BCUT2D eigenvalue weighted by atomic mass is 10.0. The van der Waals surface area contributed by atoms with Gasteiger partial charge in [-0.25, -0.2) is 4.98 Å². The van der Waals surface area contributed by atoms with Gasteiger partial charge in [-0.1, -0.05) is 6.42 Å². The molecule has 2 aromatic rings. The van der Waals surface area contributed by atoms with Crippen LogP contribution in [-0.2, 0) is 0 Å². The Morgan fingerprint density at radius 2 is 2.12 bits per heavy atom. The molecule has 1 unspecified atom stereocenters. The summed E-state index contributed by atoms with van der Waals surface area (Å²) in [7, 11) is 0. The Bertz CT molecular complexity index is 594. The first kappa shape index (κ1) is 10.3. The quantitative estimate of drug-likeness (QED) is 0.556. The fourth-order valence-corrected chi connectivity index (χ4v) is 2.19. The number of nitrogens with zero attached hydrogens (tertiary/aromatic N) is 2. The molecule has 0 bridgehead atoms. The zero-order valence-corrected chi connectivity index (χ0v) is 9.29. The second-order valence-corrected chi connectivity index (χ2v) is 4.27. The number of imidazole rings is 1. The molecule has 3 rings (SSSR count). The monoisotopic (exact) mass is 234 g/mol. The number of piperidine rings is 1. The predicted molar refractivity (Wildman–Crippen MR) is 63.5 cm³/mol. The average molecular weight is 234 g/mol. The fourth-order valence-electron chi connectivity index (χ4n) is 2.19. The number of aromatic amines is 2. The largest absolute Gasteiger partial charge is 0.369 e. The normalized spacial score (nSPS) is 20.8. The van der Waals surface area contributed by atoms with Crippen LogP contribution in [0.15, 0.2) is 4.79 Å². The molecule has 0 aliphatic carbocycles. The molecule has 7 nitrogen and oxygen atoms in total. The minimum absolute atomic E-state index is 0.0946. The van der Waals surface area contributed by atoms with Crippen molar-refractivity contribution in [3.8, 4) is 0 Å². The molecule has 0 spiro atoms. The van der Waals surface area contributed by atoms with E-state index < -0.39 is 0 Å². The minimum atomic E-state index is -0.276. The Morgan fingerprint density at radius 3 is 2.88 bits per heavy atom. The van der Waals surface area contributed by atoms with Gasteiger partial charge in [-0.2, -0.15) is 4.98 Å². The second kappa shape index (κ2) is 3.85. The maximum atomic E-state index is 11.6. The van der Waals surface area contributed by atoms with E-state index in [0.29, 0.717) is 11.2 Å². The topological polar surface area (TPSA) is 112 Å². The van der Waals surface area contributed by atoms with Gasteiger partial charge in [0.15, 0.2) is 11.2 Å². The highest BCUT2D eigenvalue weighted by Gasteiger charge is 2.19. The van der Waals surface area contributed by atoms with Crippen molar-refractivity contribution in [3.63, 3.8) is 0 Å². The number of hydrogen-bond acceptors (Lipinski definition) is 5. The van der Waals surface area contributed by atoms with Crippen LogP contribution in [-0.4, -0.2) is 26.5 Å². The van der Waals surface area contributed by atoms with E-state index in [1.54, 1.807) is 0 Å². The number of rotatable bonds is 1. The van der Waals surface area contributed by atoms with Crippen molar-refractivity contribution in [2.75, 3.05) is 12.3 Å². The molecule has 1 saturated heterocycles. The van der Waals surface area contributed by atoms with Crippen LogP contribution in [0.3, 0.4) is 0 Å². The molecule has 0 aromatic carbocycles. The van der Waals surface area contributed by atoms with Crippen LogP contribution in [0.1, 0.15) is 31.1 Å². The molecule has 5 N–H and O–H groups in total. The Hall–Kier alpha value is -1.89. The third-order valence-corrected chi connectivity index (χ3v) is 3.04. The van der Waals surface area contributed by atoms with Crippen LogP contribution in [0.25, 0.3) is 11.2 Å². The summed E-state index contributed by atoms with van der Waals surface area (Å²) in [4.78, 5) is 25.4. The summed E-state index contributed by atoms with van der Waals surface area (Å²) in [5, 5.41) is 3.37. The number of anilines is 1. The van der Waals surface area contributed by atoms with Gasteiger partial charge in [-0.05, 0) is 19.4 Å². The lowest BCUT2D eigenvalue weighted by molar-refractivity contribution is 0.400. The number of aromatic nitrogens is 4. The molecular weight excluding hydrogens is 220 g/mol. The van der Waals surface area contributed by atoms with Crippen LogP contribution >= 0.6 is 0 Å². The molecule has 0 radical (unpaired) electrons. The highest BCUT2D eigenvalue weighted by Crippen LogP contribution is 2.21. The van der Waals surface area contributed by atoms with Crippen molar-refractivity contribution < 1.29 is 0 Å². The summed E-state index contributed by atoms with van der Waals surface area (Å²) in [5.74, 6) is 0.862. The van der Waals surface area contributed by atoms with Crippen molar-refractivity contribution in [1.82, 2.24) is 25.3 Å². The summed E-state index contributed by atoms with van der Waals surface area (Å²) in [6.45, 7) is 0.980. The molecule has 7 heteroatoms. The predicted octanol–water partition coefficient (Wildman–Crippen LogP) is 0.0430. The van der Waals surface area contributed by atoms with Gasteiger partial charge in [0.05, 0.1) is 6.04 Å². The number of nitrogens with one attached hydrogen (secondary N) is 3. The zero-order chi connectivity index (χ0) is 11.8. The molecule has 1 aliphatic heterocycles. The van der Waals surface area contributed by atoms with Crippen molar-refractivity contribution in [2.24, 2.45) is 0 Å². The van der Waals surface area contributed by atoms with Gasteiger partial charge in [-0.3, -0.25) is 9.78 Å². The first-order chi connectivity index (χ1) is 8.24. The van der Waals surface area contributed by atoms with E-state index in [1.807, 2.05) is 0 Å². The van der Waals surface area contributed by atoms with Crippen LogP contribution < -0.4 is 16.6 Å². The van der Waals surface area contributed by atoms with Crippen molar-refractivity contribution in [2.45, 2.75) is 25.3 Å². The summed E-state index contributed by atoms with van der Waals surface area (Å²) < 4.78 is 0. The molecule has 3 heterocycles. The maximum absolute atomic E-state index is 11.6. The van der Waals surface area contributed by atoms with Crippen molar-refractivity contribution in [3.05, 3.63) is 16.2 Å². The van der Waals surface area contributed by atoms with E-state index in [4.69, 9.17) is 5.73 Å². The molecule has 0 saturated carbocycles. The van der Waals surface area contributed by atoms with Crippen molar-refractivity contribution in [1.29, 1.82) is 0 Å². The highest BCUT2D eigenvalue weighted by molar-refractivity contribution is 5.70. The van der Waals surface area contributed by atoms with E-state index >= 15 is 0 Å². The Kier molecular flexibility index (Phi) is 2.32. The smallest absolute Gasteiger partial charge is 0.278 e. The number of nitrogen functional groups attached to an aromatic ring is 1. The third-order valence-electron chi connectivity index (χ3n) is 3.04. The van der Waals surface area contributed by atoms with E-state index in [9.17, 15) is 4.79 Å². The standard InChI is InChI=1S/C10H14N6O/c11-10-15-8-6(9(17)16-10)13-7(14-8)5-3-1-2-4-12-5/h5,12H,1-4H2,(H4,11,13,14,15,16,17). The molecule has 17 heavy (non-hydrogen) atoms. The van der Waals surface area contributed by atoms with Gasteiger partial charge in [0, 0.05) is 0 Å². The molecule has 0 amide bonds. The van der Waals surface area contributed by atoms with Crippen LogP contribution in [0, 0.1) is 0 Å². The van der Waals surface area contributed by atoms with Gasteiger partial charge in [0.2, 0.25) is 5.95 Å². The van der Waals surface area contributed by atoms with Crippen LogP contribution in [0.4, 0.5) is 5.95 Å². The Labute approximate surface area is 96.9 Å². The van der Waals surface area contributed by atoms with Gasteiger partial charge in [-0.15, -0.1) is 0 Å². The van der Waals surface area contributed by atoms with Crippen LogP contribution in [0.5, 0.6) is 0 Å². The fraction of sp³-hybridized carbons (Fsp3) is 0.500. The molecule has 1 aliphatic rings. The van der Waals surface area contributed by atoms with Gasteiger partial charge in [0.25, 0.3) is 5.56 Å². The zero-order valence-electron chi connectivity index (χ0n) is 9.29. The Morgan fingerprint density at radius 1 is 1.24 bits per heavy atom. The van der Waals surface area contributed by atoms with E-state index in [2.05, 4.69) is 25.3 Å². The summed E-state index contributed by atoms with van der Waals surface area (Å²) >= 11 is 0. The van der Waals surface area contributed by atoms with Gasteiger partial charge >= 0.3 is 0 Å². The van der Waals surface area contributed by atoms with E-state index in [0.717, 1.165) is 18.8 Å². The summed E-state index contributed by atoms with van der Waals surface area (Å²) in [6, 6.07) is 0.179. The minimum Gasteiger partial charge on any atom is -0.369 e. The first-order valence-electron chi connectivity index (χ1n) is 5.73. The Balaban J connectivity index is 2.06. The lowest BCUT2D eigenvalue weighted by Crippen LogP contribution is -2.27. The third kappa shape index (κ3) is 1.78. The lowest BCUT2D eigenvalue weighted by Gasteiger charge is -2.21. The molecule has 2 aromatic heterocycles. The van der Waals surface area contributed by atoms with E-state index in [1.165, 1.54) is 12.8 Å². The van der Waals surface area contributed by atoms with Gasteiger partial charge < -0.3 is 16.0 Å². The number of fused-ring (bicyclic) bond motifs is 1. The second-order valence-electron chi connectivity index (χ2n) is 4.27. The van der Waals surface area contributed by atoms with Crippen LogP contribution in [0.2, 0.25) is 0 Å². The summed E-state index contributed by atoms with van der Waals surface area (Å²) in [5.41, 5.74) is 5.97. The van der Waals surface area contributed by atoms with E-state index in [-0.39, 0.29) is 17.5 Å². The number of nitrogens with two attached hydrogens (primary N) is 1. The van der Waals surface area contributed by atoms with Crippen molar-refractivity contribution >= 4 is 17.1 Å². The molecular formula is C10H14N6O. The molecule has 90 valence electrons. The SMILES string of the molecule is Nc1nc2nc(C3CCCCN3)[nH]c2c(=O)[nH]1. The molecule has 1 fully saturated rings. The van der Waals surface area contributed by atoms with Gasteiger partial charge in [0.1, 0.15) is 5.82 Å². The number of hydrogen-bond donors (Lipinski definition) is 4. The average Bonchev–Trinajstić information content (AvgIpc) is 2.74. The number of H-pyrrole nitrogens is 2. The first-order valence-corrected chi connectivity index (χ1v) is 5.73. The molecule has 1 atom stereocenters. The highest BCUT2D eigenvalue weighted by atomic mass is 16.1. The summed E-state index contributed by atoms with van der Waals surface area (Å²) in [6.07, 6.45) is 3.37. The maximum Gasteiger partial charge on any atom is 0.278 e.